The number of pyridine rings is 2. The molecule has 11 aromatic rings. The second-order valence-electron chi connectivity index (χ2n) is 14.9. The van der Waals surface area contributed by atoms with Gasteiger partial charge >= 0.3 is 0 Å². The molecule has 0 unspecified atom stereocenters. The lowest BCUT2D eigenvalue weighted by atomic mass is 9.87. The molecule has 0 radical (unpaired) electrons. The van der Waals surface area contributed by atoms with Gasteiger partial charge in [0.25, 0.3) is 0 Å². The zero-order valence-corrected chi connectivity index (χ0v) is 30.9. The highest BCUT2D eigenvalue weighted by molar-refractivity contribution is 6.10. The van der Waals surface area contributed by atoms with Gasteiger partial charge in [0.15, 0.2) is 0 Å². The lowest BCUT2D eigenvalue weighted by Crippen LogP contribution is -2.03. The van der Waals surface area contributed by atoms with E-state index in [0.717, 1.165) is 45.2 Å². The van der Waals surface area contributed by atoms with E-state index in [0.29, 0.717) is 0 Å². The van der Waals surface area contributed by atoms with Gasteiger partial charge in [-0.1, -0.05) is 133 Å². The fourth-order valence-corrected chi connectivity index (χ4v) is 9.39. The number of hydrogen-bond acceptors (Lipinski definition) is 2. The highest BCUT2D eigenvalue weighted by Gasteiger charge is 2.30. The van der Waals surface area contributed by atoms with Crippen molar-refractivity contribution in [2.24, 2.45) is 0 Å². The van der Waals surface area contributed by atoms with Gasteiger partial charge in [0.2, 0.25) is 0 Å². The molecule has 0 N–H and O–H groups in total. The first-order chi connectivity index (χ1) is 28.3. The Hall–Kier alpha value is -7.56. The van der Waals surface area contributed by atoms with E-state index < -0.39 is 0 Å². The van der Waals surface area contributed by atoms with Crippen LogP contribution in [0.15, 0.2) is 200 Å². The van der Waals surface area contributed by atoms with Crippen LogP contribution in [-0.2, 0) is 0 Å². The van der Waals surface area contributed by atoms with E-state index in [-0.39, 0.29) is 5.92 Å². The van der Waals surface area contributed by atoms with Crippen molar-refractivity contribution in [1.82, 2.24) is 19.1 Å². The highest BCUT2D eigenvalue weighted by atomic mass is 15.1. The topological polar surface area (TPSA) is 35.6 Å². The average Bonchev–Trinajstić information content (AvgIpc) is 3.92. The van der Waals surface area contributed by atoms with E-state index >= 15 is 0 Å². The van der Waals surface area contributed by atoms with Crippen molar-refractivity contribution in [3.8, 4) is 45.3 Å². The number of hydrogen-bond donors (Lipinski definition) is 0. The Morgan fingerprint density at radius 2 is 0.807 bits per heavy atom. The van der Waals surface area contributed by atoms with Gasteiger partial charge in [-0.25, -0.2) is 9.97 Å². The van der Waals surface area contributed by atoms with E-state index in [1.165, 1.54) is 60.4 Å². The molecule has 0 amide bonds. The molecule has 57 heavy (non-hydrogen) atoms. The lowest BCUT2D eigenvalue weighted by Gasteiger charge is -2.19. The molecule has 4 heteroatoms. The Morgan fingerprint density at radius 1 is 0.351 bits per heavy atom. The number of para-hydroxylation sites is 4. The molecule has 266 valence electrons. The summed E-state index contributed by atoms with van der Waals surface area (Å²) in [6, 6.07) is 71.9. The summed E-state index contributed by atoms with van der Waals surface area (Å²) < 4.78 is 4.68. The number of fused-ring (bicyclic) bond motifs is 9. The van der Waals surface area contributed by atoms with Gasteiger partial charge in [-0.15, -0.1) is 0 Å². The van der Waals surface area contributed by atoms with Gasteiger partial charge in [0.1, 0.15) is 5.82 Å². The quantitative estimate of drug-likeness (QED) is 0.177. The zero-order valence-electron chi connectivity index (χ0n) is 30.9. The summed E-state index contributed by atoms with van der Waals surface area (Å²) in [5, 5.41) is 4.91. The third-order valence-electron chi connectivity index (χ3n) is 11.8. The Morgan fingerprint density at radius 3 is 1.39 bits per heavy atom. The standard InChI is InChI=1S/C53H34N4/c1-3-21-43-37(15-1)38-16-2-4-22-44(38)53(43)35-31-34(32-36(33-35)56-48-26-9-5-17-39(48)40-18-6-10-27-49(40)56)45-23-13-24-46(54-45)47-25-14-30-52(55-47)57-50-28-11-7-19-41(50)42-20-8-12-29-51(42)57/h1-33,53H. The Labute approximate surface area is 329 Å². The summed E-state index contributed by atoms with van der Waals surface area (Å²) in [6.45, 7) is 0. The van der Waals surface area contributed by atoms with Gasteiger partial charge in [-0.05, 0) is 94.5 Å². The highest BCUT2D eigenvalue weighted by Crippen LogP contribution is 2.49. The smallest absolute Gasteiger partial charge is 0.138 e. The summed E-state index contributed by atoms with van der Waals surface area (Å²) in [5.74, 6) is 0.947. The number of aromatic nitrogens is 4. The van der Waals surface area contributed by atoms with Crippen LogP contribution in [0.5, 0.6) is 0 Å². The summed E-state index contributed by atoms with van der Waals surface area (Å²) in [4.78, 5) is 10.7. The van der Waals surface area contributed by atoms with Crippen LogP contribution in [-0.4, -0.2) is 19.1 Å². The largest absolute Gasteiger partial charge is 0.309 e. The van der Waals surface area contributed by atoms with Crippen LogP contribution < -0.4 is 0 Å². The first kappa shape index (κ1) is 31.8. The maximum atomic E-state index is 5.38. The zero-order chi connectivity index (χ0) is 37.5. The molecule has 12 rings (SSSR count). The first-order valence-corrected chi connectivity index (χ1v) is 19.5. The second kappa shape index (κ2) is 12.5. The van der Waals surface area contributed by atoms with Crippen molar-refractivity contribution >= 4 is 43.6 Å². The number of rotatable bonds is 5. The molecule has 0 atom stereocenters. The van der Waals surface area contributed by atoms with Gasteiger partial charge in [-0.3, -0.25) is 4.57 Å². The molecular weight excluding hydrogens is 693 g/mol. The summed E-state index contributed by atoms with van der Waals surface area (Å²) in [5.41, 5.74) is 15.9. The maximum Gasteiger partial charge on any atom is 0.138 e. The van der Waals surface area contributed by atoms with Crippen molar-refractivity contribution in [2.45, 2.75) is 5.92 Å². The van der Waals surface area contributed by atoms with Crippen LogP contribution in [0.25, 0.3) is 88.9 Å². The first-order valence-electron chi connectivity index (χ1n) is 19.5. The Bertz CT molecular complexity index is 3230. The second-order valence-corrected chi connectivity index (χ2v) is 14.9. The molecule has 0 saturated carbocycles. The Balaban J connectivity index is 1.06. The molecule has 4 nitrogen and oxygen atoms in total. The molecule has 0 aliphatic heterocycles. The van der Waals surface area contributed by atoms with E-state index in [1.807, 2.05) is 0 Å². The van der Waals surface area contributed by atoms with Gasteiger partial charge in [0.05, 0.1) is 39.1 Å². The van der Waals surface area contributed by atoms with Crippen molar-refractivity contribution in [3.63, 3.8) is 0 Å². The van der Waals surface area contributed by atoms with E-state index in [1.54, 1.807) is 0 Å². The van der Waals surface area contributed by atoms with Crippen molar-refractivity contribution in [2.75, 3.05) is 0 Å². The fourth-order valence-electron chi connectivity index (χ4n) is 9.39. The normalized spacial score (nSPS) is 12.5. The molecule has 4 heterocycles. The number of nitrogens with zero attached hydrogens (tertiary/aromatic N) is 4. The summed E-state index contributed by atoms with van der Waals surface area (Å²) in [7, 11) is 0. The molecular formula is C53H34N4. The molecule has 0 spiro atoms. The lowest BCUT2D eigenvalue weighted by molar-refractivity contribution is 1.01. The van der Waals surface area contributed by atoms with Crippen molar-refractivity contribution < 1.29 is 0 Å². The van der Waals surface area contributed by atoms with E-state index in [4.69, 9.17) is 9.97 Å². The van der Waals surface area contributed by atoms with Crippen LogP contribution >= 0.6 is 0 Å². The fraction of sp³-hybridized carbons (Fsp3) is 0.0189. The SMILES string of the molecule is c1cc(-c2cc(C3c4ccccc4-c4ccccc43)cc(-n3c4ccccc4c4ccccc43)c2)nc(-c2cccc(-n3c4ccccc4c4ccccc43)n2)c1. The van der Waals surface area contributed by atoms with E-state index in [9.17, 15) is 0 Å². The molecule has 7 aromatic carbocycles. The monoisotopic (exact) mass is 726 g/mol. The predicted molar refractivity (Wildman–Crippen MR) is 234 cm³/mol. The van der Waals surface area contributed by atoms with Gasteiger partial charge in [0, 0.05) is 38.7 Å². The minimum absolute atomic E-state index is 0.0805. The van der Waals surface area contributed by atoms with Crippen LogP contribution in [0, 0.1) is 0 Å². The van der Waals surface area contributed by atoms with Crippen LogP contribution in [0.3, 0.4) is 0 Å². The van der Waals surface area contributed by atoms with Crippen LogP contribution in [0.4, 0.5) is 0 Å². The predicted octanol–water partition coefficient (Wildman–Crippen LogP) is 13.2. The molecule has 4 aromatic heterocycles. The third-order valence-corrected chi connectivity index (χ3v) is 11.8. The number of benzene rings is 7. The Kier molecular flexibility index (Phi) is 6.96. The van der Waals surface area contributed by atoms with Crippen molar-refractivity contribution in [3.05, 3.63) is 217 Å². The molecule has 0 saturated heterocycles. The molecule has 1 aliphatic rings. The van der Waals surface area contributed by atoms with Crippen LogP contribution in [0.2, 0.25) is 0 Å². The summed E-state index contributed by atoms with van der Waals surface area (Å²) in [6.07, 6.45) is 0. The molecule has 0 bridgehead atoms. The molecule has 0 fully saturated rings. The maximum absolute atomic E-state index is 5.38. The minimum atomic E-state index is 0.0805. The van der Waals surface area contributed by atoms with E-state index in [2.05, 4.69) is 209 Å². The summed E-state index contributed by atoms with van der Waals surface area (Å²) >= 11 is 0. The molecule has 1 aliphatic carbocycles. The van der Waals surface area contributed by atoms with Gasteiger partial charge < -0.3 is 4.57 Å². The third kappa shape index (κ3) is 4.87. The van der Waals surface area contributed by atoms with Crippen molar-refractivity contribution in [1.29, 1.82) is 0 Å². The van der Waals surface area contributed by atoms with Gasteiger partial charge in [-0.2, -0.15) is 0 Å². The minimum Gasteiger partial charge on any atom is -0.309 e. The average molecular weight is 727 g/mol. The van der Waals surface area contributed by atoms with Crippen LogP contribution in [0.1, 0.15) is 22.6 Å².